The van der Waals surface area contributed by atoms with E-state index >= 15 is 0 Å². The van der Waals surface area contributed by atoms with E-state index in [0.29, 0.717) is 12.0 Å². The number of halogens is 1. The zero-order chi connectivity index (χ0) is 18.6. The van der Waals surface area contributed by atoms with E-state index in [1.54, 1.807) is 12.1 Å². The Kier molecular flexibility index (Phi) is 4.97. The summed E-state index contributed by atoms with van der Waals surface area (Å²) in [6.45, 7) is 0.362. The second kappa shape index (κ2) is 7.35. The number of hydrogen-bond donors (Lipinski definition) is 1. The lowest BCUT2D eigenvalue weighted by atomic mass is 9.69. The highest BCUT2D eigenvalue weighted by Gasteiger charge is 2.57. The summed E-state index contributed by atoms with van der Waals surface area (Å²) in [5.41, 5.74) is -0.00735. The average molecular weight is 349 g/mol. The molecular formula is C20H16FN3O2. The molecule has 3 rings (SSSR count). The number of hydrogen-bond acceptors (Lipinski definition) is 5. The molecule has 0 aromatic heterocycles. The fourth-order valence-corrected chi connectivity index (χ4v) is 3.69. The Morgan fingerprint density at radius 1 is 1.08 bits per heavy atom. The van der Waals surface area contributed by atoms with Gasteiger partial charge in [-0.3, -0.25) is 4.79 Å². The highest BCUT2D eigenvalue weighted by molar-refractivity contribution is 5.43. The maximum Gasteiger partial charge on any atom is 0.293 e. The van der Waals surface area contributed by atoms with Crippen LogP contribution < -0.4 is 5.32 Å². The summed E-state index contributed by atoms with van der Waals surface area (Å²) in [4.78, 5) is 10.7. The molecule has 0 aliphatic carbocycles. The molecule has 1 fully saturated rings. The van der Waals surface area contributed by atoms with E-state index in [0.717, 1.165) is 5.56 Å². The van der Waals surface area contributed by atoms with E-state index in [1.807, 2.05) is 30.3 Å². The normalized spacial score (nSPS) is 23.6. The smallest absolute Gasteiger partial charge is 0.293 e. The number of nitriles is 2. The number of benzene rings is 2. The van der Waals surface area contributed by atoms with Gasteiger partial charge in [-0.15, -0.1) is 0 Å². The van der Waals surface area contributed by atoms with Gasteiger partial charge in [0.2, 0.25) is 0 Å². The van der Waals surface area contributed by atoms with Crippen LogP contribution in [0.2, 0.25) is 0 Å². The van der Waals surface area contributed by atoms with Gasteiger partial charge in [-0.25, -0.2) is 4.39 Å². The fraction of sp³-hybridized carbons (Fsp3) is 0.250. The summed E-state index contributed by atoms with van der Waals surface area (Å²) in [5, 5.41) is 23.2. The fourth-order valence-electron chi connectivity index (χ4n) is 3.69. The van der Waals surface area contributed by atoms with Crippen molar-refractivity contribution in [2.24, 2.45) is 5.41 Å². The van der Waals surface area contributed by atoms with Gasteiger partial charge in [-0.1, -0.05) is 42.5 Å². The van der Waals surface area contributed by atoms with E-state index in [9.17, 15) is 19.7 Å². The zero-order valence-corrected chi connectivity index (χ0v) is 13.8. The lowest BCUT2D eigenvalue weighted by molar-refractivity contribution is -0.129. The first-order valence-electron chi connectivity index (χ1n) is 8.10. The molecule has 3 atom stereocenters. The predicted molar refractivity (Wildman–Crippen MR) is 90.9 cm³/mol. The van der Waals surface area contributed by atoms with E-state index in [1.165, 1.54) is 12.1 Å². The first-order valence-corrected chi connectivity index (χ1v) is 8.10. The number of carbonyl (C=O) groups excluding carboxylic acids is 1. The maximum atomic E-state index is 13.3. The molecule has 0 saturated carbocycles. The molecule has 0 spiro atoms. The van der Waals surface area contributed by atoms with Crippen molar-refractivity contribution in [3.63, 3.8) is 0 Å². The van der Waals surface area contributed by atoms with Gasteiger partial charge in [0.25, 0.3) is 6.47 Å². The van der Waals surface area contributed by atoms with Crippen LogP contribution in [0, 0.1) is 33.9 Å². The van der Waals surface area contributed by atoms with E-state index in [4.69, 9.17) is 4.74 Å². The highest BCUT2D eigenvalue weighted by Crippen LogP contribution is 2.52. The Hall–Kier alpha value is -3.22. The lowest BCUT2D eigenvalue weighted by Gasteiger charge is -2.28. The van der Waals surface area contributed by atoms with Gasteiger partial charge in [-0.2, -0.15) is 10.5 Å². The minimum Gasteiger partial charge on any atom is -0.466 e. The summed E-state index contributed by atoms with van der Waals surface area (Å²) in [5.74, 6) is -0.916. The van der Waals surface area contributed by atoms with E-state index < -0.39 is 29.2 Å². The van der Waals surface area contributed by atoms with Crippen LogP contribution in [0.1, 0.15) is 23.1 Å². The van der Waals surface area contributed by atoms with E-state index in [-0.39, 0.29) is 6.61 Å². The van der Waals surface area contributed by atoms with Crippen molar-refractivity contribution in [3.05, 3.63) is 71.5 Å². The van der Waals surface area contributed by atoms with Crippen molar-refractivity contribution < 1.29 is 13.9 Å². The molecule has 2 aromatic carbocycles. The SMILES string of the molecule is N#CC1(C#N)C(c2ccc(F)cc2)NC(COC=O)C1c1ccccc1. The van der Waals surface area contributed by atoms with Crippen LogP contribution in [0.5, 0.6) is 0 Å². The van der Waals surface area contributed by atoms with Crippen LogP contribution in [0.25, 0.3) is 0 Å². The molecule has 1 aliphatic rings. The van der Waals surface area contributed by atoms with Gasteiger partial charge in [-0.05, 0) is 23.3 Å². The van der Waals surface area contributed by atoms with Crippen molar-refractivity contribution in [1.82, 2.24) is 5.32 Å². The lowest BCUT2D eigenvalue weighted by Crippen LogP contribution is -2.32. The standard InChI is InChI=1S/C20H16FN3O2/c21-16-8-6-15(7-9-16)19-20(11-22,12-23)18(14-4-2-1-3-5-14)17(24-19)10-26-13-25/h1-9,13,17-19,24H,10H2. The van der Waals surface area contributed by atoms with Gasteiger partial charge in [0.15, 0.2) is 5.41 Å². The summed E-state index contributed by atoms with van der Waals surface area (Å²) >= 11 is 0. The quantitative estimate of drug-likeness (QED) is 0.839. The largest absolute Gasteiger partial charge is 0.466 e. The molecule has 130 valence electrons. The monoisotopic (exact) mass is 349 g/mol. The van der Waals surface area contributed by atoms with Gasteiger partial charge in [0.1, 0.15) is 12.4 Å². The van der Waals surface area contributed by atoms with Gasteiger partial charge in [0, 0.05) is 5.92 Å². The van der Waals surface area contributed by atoms with Crippen LogP contribution in [0.15, 0.2) is 54.6 Å². The zero-order valence-electron chi connectivity index (χ0n) is 13.8. The van der Waals surface area contributed by atoms with Crippen LogP contribution in [-0.2, 0) is 9.53 Å². The molecule has 1 heterocycles. The minimum atomic E-state index is -1.43. The number of rotatable bonds is 5. The Morgan fingerprint density at radius 2 is 1.73 bits per heavy atom. The van der Waals surface area contributed by atoms with Crippen LogP contribution in [-0.4, -0.2) is 19.1 Å². The molecule has 6 heteroatoms. The minimum absolute atomic E-state index is 0.0197. The van der Waals surface area contributed by atoms with Gasteiger partial charge in [0.05, 0.1) is 24.2 Å². The summed E-state index contributed by atoms with van der Waals surface area (Å²) < 4.78 is 18.2. The Morgan fingerprint density at radius 3 is 2.31 bits per heavy atom. The molecule has 1 N–H and O–H groups in total. The van der Waals surface area contributed by atoms with Crippen molar-refractivity contribution in [1.29, 1.82) is 10.5 Å². The second-order valence-electron chi connectivity index (χ2n) is 6.17. The van der Waals surface area contributed by atoms with Crippen LogP contribution in [0.3, 0.4) is 0 Å². The number of carbonyl (C=O) groups is 1. The number of nitrogens with one attached hydrogen (secondary N) is 1. The number of ether oxygens (including phenoxy) is 1. The van der Waals surface area contributed by atoms with Crippen molar-refractivity contribution in [2.75, 3.05) is 6.61 Å². The molecule has 0 radical (unpaired) electrons. The summed E-state index contributed by atoms with van der Waals surface area (Å²) in [6, 6.07) is 18.2. The maximum absolute atomic E-state index is 13.3. The molecule has 1 aliphatic heterocycles. The average Bonchev–Trinajstić information content (AvgIpc) is 3.02. The van der Waals surface area contributed by atoms with Crippen molar-refractivity contribution in [3.8, 4) is 12.1 Å². The molecule has 26 heavy (non-hydrogen) atoms. The predicted octanol–water partition coefficient (Wildman–Crippen LogP) is 2.83. The number of nitrogens with zero attached hydrogens (tertiary/aromatic N) is 2. The third-order valence-corrected chi connectivity index (χ3v) is 4.80. The Labute approximate surface area is 150 Å². The molecular weight excluding hydrogens is 333 g/mol. The third kappa shape index (κ3) is 2.92. The first-order chi connectivity index (χ1) is 12.7. The second-order valence-corrected chi connectivity index (χ2v) is 6.17. The van der Waals surface area contributed by atoms with Gasteiger partial charge >= 0.3 is 0 Å². The molecule has 1 saturated heterocycles. The molecule has 3 unspecified atom stereocenters. The van der Waals surface area contributed by atoms with Crippen molar-refractivity contribution >= 4 is 6.47 Å². The first kappa shape index (κ1) is 17.6. The topological polar surface area (TPSA) is 85.9 Å². The van der Waals surface area contributed by atoms with Crippen LogP contribution >= 0.6 is 0 Å². The summed E-state index contributed by atoms with van der Waals surface area (Å²) in [6.07, 6.45) is 0. The Balaban J connectivity index is 2.12. The van der Waals surface area contributed by atoms with Gasteiger partial charge < -0.3 is 10.1 Å². The van der Waals surface area contributed by atoms with Crippen LogP contribution in [0.4, 0.5) is 4.39 Å². The van der Waals surface area contributed by atoms with Crippen molar-refractivity contribution in [2.45, 2.75) is 18.0 Å². The highest BCUT2D eigenvalue weighted by atomic mass is 19.1. The molecule has 0 bridgehead atoms. The van der Waals surface area contributed by atoms with E-state index in [2.05, 4.69) is 17.5 Å². The molecule has 5 nitrogen and oxygen atoms in total. The Bertz CT molecular complexity index is 841. The third-order valence-electron chi connectivity index (χ3n) is 4.80. The molecule has 2 aromatic rings. The molecule has 0 amide bonds. The summed E-state index contributed by atoms with van der Waals surface area (Å²) in [7, 11) is 0.